The highest BCUT2D eigenvalue weighted by molar-refractivity contribution is 6.62. The quantitative estimate of drug-likeness (QED) is 0.770. The van der Waals surface area contributed by atoms with E-state index in [0.717, 1.165) is 5.46 Å². The van der Waals surface area contributed by atoms with Crippen LogP contribution in [-0.4, -0.2) is 48.1 Å². The third kappa shape index (κ3) is 3.58. The van der Waals surface area contributed by atoms with Crippen LogP contribution in [0.5, 0.6) is 0 Å². The summed E-state index contributed by atoms with van der Waals surface area (Å²) in [7, 11) is -0.483. The lowest BCUT2D eigenvalue weighted by molar-refractivity contribution is -0.0494. The molecular formula is C18H24BF2NO3. The van der Waals surface area contributed by atoms with Crippen LogP contribution in [0.2, 0.25) is 0 Å². The minimum Gasteiger partial charge on any atom is -0.399 e. The highest BCUT2D eigenvalue weighted by Crippen LogP contribution is 2.36. The molecule has 1 aromatic rings. The highest BCUT2D eigenvalue weighted by atomic mass is 19.3. The molecule has 3 rings (SSSR count). The number of carbonyl (C=O) groups is 1. The van der Waals surface area contributed by atoms with E-state index in [9.17, 15) is 13.6 Å². The van der Waals surface area contributed by atoms with Crippen molar-refractivity contribution in [3.05, 3.63) is 29.8 Å². The molecule has 2 aliphatic heterocycles. The Morgan fingerprint density at radius 2 is 1.48 bits per heavy atom. The lowest BCUT2D eigenvalue weighted by Crippen LogP contribution is -2.42. The summed E-state index contributed by atoms with van der Waals surface area (Å²) in [5.41, 5.74) is 0.474. The monoisotopic (exact) mass is 351 g/mol. The van der Waals surface area contributed by atoms with Crippen molar-refractivity contribution < 1.29 is 22.9 Å². The minimum atomic E-state index is -2.66. The Morgan fingerprint density at radius 1 is 1.00 bits per heavy atom. The van der Waals surface area contributed by atoms with Crippen molar-refractivity contribution in [1.82, 2.24) is 4.90 Å². The van der Waals surface area contributed by atoms with Crippen molar-refractivity contribution in [3.8, 4) is 0 Å². The molecule has 2 heterocycles. The minimum absolute atomic E-state index is 0.0881. The van der Waals surface area contributed by atoms with E-state index in [1.54, 1.807) is 24.3 Å². The second kappa shape index (κ2) is 6.06. The van der Waals surface area contributed by atoms with Gasteiger partial charge in [-0.3, -0.25) is 4.79 Å². The Morgan fingerprint density at radius 3 is 1.96 bits per heavy atom. The molecule has 0 atom stereocenters. The second-order valence-corrected chi connectivity index (χ2v) is 7.86. The largest absolute Gasteiger partial charge is 0.494 e. The number of halogens is 2. The zero-order valence-corrected chi connectivity index (χ0v) is 15.1. The van der Waals surface area contributed by atoms with E-state index in [1.165, 1.54) is 4.90 Å². The molecule has 2 aliphatic rings. The first-order valence-electron chi connectivity index (χ1n) is 8.63. The van der Waals surface area contributed by atoms with Crippen molar-refractivity contribution >= 4 is 18.5 Å². The number of piperidine rings is 1. The van der Waals surface area contributed by atoms with Crippen LogP contribution in [0, 0.1) is 0 Å². The molecule has 1 aromatic carbocycles. The molecule has 0 saturated carbocycles. The van der Waals surface area contributed by atoms with E-state index in [0.29, 0.717) is 5.56 Å². The van der Waals surface area contributed by atoms with E-state index < -0.39 is 24.2 Å². The Labute approximate surface area is 147 Å². The summed E-state index contributed by atoms with van der Waals surface area (Å²) in [4.78, 5) is 14.0. The van der Waals surface area contributed by atoms with Crippen molar-refractivity contribution in [3.63, 3.8) is 0 Å². The number of carbonyl (C=O) groups excluding carboxylic acids is 1. The maximum Gasteiger partial charge on any atom is 0.494 e. The van der Waals surface area contributed by atoms with Gasteiger partial charge in [0.2, 0.25) is 0 Å². The number of alkyl halides is 2. The van der Waals surface area contributed by atoms with E-state index in [4.69, 9.17) is 9.31 Å². The SMILES string of the molecule is CC1(C)OB(c2ccc(C(=O)N3CCC(F)(F)CC3)cc2)OC1(C)C. The van der Waals surface area contributed by atoms with Gasteiger partial charge in [0.1, 0.15) is 0 Å². The van der Waals surface area contributed by atoms with Gasteiger partial charge in [0.15, 0.2) is 0 Å². The van der Waals surface area contributed by atoms with E-state index in [1.807, 2.05) is 27.7 Å². The fourth-order valence-corrected chi connectivity index (χ4v) is 2.98. The van der Waals surface area contributed by atoms with Gasteiger partial charge in [0.05, 0.1) is 11.2 Å². The van der Waals surface area contributed by atoms with Crippen molar-refractivity contribution in [1.29, 1.82) is 0 Å². The molecule has 0 N–H and O–H groups in total. The van der Waals surface area contributed by atoms with Gasteiger partial charge in [0.25, 0.3) is 11.8 Å². The average molecular weight is 351 g/mol. The molecule has 136 valence electrons. The standard InChI is InChI=1S/C18H24BF2NO3/c1-16(2)17(3,4)25-19(24-16)14-7-5-13(6-8-14)15(23)22-11-9-18(20,21)10-12-22/h5-8H,9-12H2,1-4H3. The number of nitrogens with zero attached hydrogens (tertiary/aromatic N) is 1. The fourth-order valence-electron chi connectivity index (χ4n) is 2.98. The summed E-state index contributed by atoms with van der Waals surface area (Å²) >= 11 is 0. The van der Waals surface area contributed by atoms with Gasteiger partial charge in [0, 0.05) is 31.5 Å². The highest BCUT2D eigenvalue weighted by Gasteiger charge is 2.51. The van der Waals surface area contributed by atoms with Crippen molar-refractivity contribution in [2.45, 2.75) is 57.7 Å². The van der Waals surface area contributed by atoms with Gasteiger partial charge in [-0.1, -0.05) is 12.1 Å². The van der Waals surface area contributed by atoms with Gasteiger partial charge in [-0.05, 0) is 45.3 Å². The maximum atomic E-state index is 13.2. The molecule has 0 radical (unpaired) electrons. The molecule has 2 saturated heterocycles. The molecule has 2 fully saturated rings. The molecule has 7 heteroatoms. The predicted octanol–water partition coefficient (Wildman–Crippen LogP) is 2.86. The summed E-state index contributed by atoms with van der Waals surface area (Å²) in [6.45, 7) is 8.11. The Kier molecular flexibility index (Phi) is 4.44. The average Bonchev–Trinajstić information content (AvgIpc) is 2.75. The zero-order valence-electron chi connectivity index (χ0n) is 15.1. The molecule has 0 aliphatic carbocycles. The zero-order chi connectivity index (χ0) is 18.5. The number of rotatable bonds is 2. The summed E-state index contributed by atoms with van der Waals surface area (Å²) in [6.07, 6.45) is -0.546. The van der Waals surface area contributed by atoms with Crippen molar-refractivity contribution in [2.75, 3.05) is 13.1 Å². The Hall–Kier alpha value is -1.47. The maximum absolute atomic E-state index is 13.2. The van der Waals surface area contributed by atoms with E-state index in [-0.39, 0.29) is 31.8 Å². The first kappa shape index (κ1) is 18.3. The van der Waals surface area contributed by atoms with Crippen LogP contribution in [0.25, 0.3) is 0 Å². The normalized spacial score (nSPS) is 24.4. The van der Waals surface area contributed by atoms with E-state index >= 15 is 0 Å². The molecule has 4 nitrogen and oxygen atoms in total. The summed E-state index contributed by atoms with van der Waals surface area (Å²) in [5.74, 6) is -2.87. The molecule has 25 heavy (non-hydrogen) atoms. The lowest BCUT2D eigenvalue weighted by atomic mass is 9.79. The molecular weight excluding hydrogens is 327 g/mol. The summed E-state index contributed by atoms with van der Waals surface area (Å²) < 4.78 is 38.4. The van der Waals surface area contributed by atoms with Crippen LogP contribution in [-0.2, 0) is 9.31 Å². The lowest BCUT2D eigenvalue weighted by Gasteiger charge is -2.32. The smallest absolute Gasteiger partial charge is 0.399 e. The number of benzene rings is 1. The van der Waals surface area contributed by atoms with E-state index in [2.05, 4.69) is 0 Å². The van der Waals surface area contributed by atoms with Crippen LogP contribution in [0.1, 0.15) is 50.9 Å². The number of hydrogen-bond acceptors (Lipinski definition) is 3. The van der Waals surface area contributed by atoms with Crippen LogP contribution in [0.15, 0.2) is 24.3 Å². The van der Waals surface area contributed by atoms with Gasteiger partial charge in [-0.15, -0.1) is 0 Å². The van der Waals surface area contributed by atoms with Gasteiger partial charge < -0.3 is 14.2 Å². The summed E-state index contributed by atoms with van der Waals surface area (Å²) in [6, 6.07) is 7.01. The second-order valence-electron chi connectivity index (χ2n) is 7.86. The van der Waals surface area contributed by atoms with Gasteiger partial charge >= 0.3 is 7.12 Å². The molecule has 0 unspecified atom stereocenters. The number of hydrogen-bond donors (Lipinski definition) is 0. The van der Waals surface area contributed by atoms with Crippen LogP contribution >= 0.6 is 0 Å². The first-order chi connectivity index (χ1) is 11.5. The Balaban J connectivity index is 1.68. The van der Waals surface area contributed by atoms with Gasteiger partial charge in [-0.25, -0.2) is 8.78 Å². The van der Waals surface area contributed by atoms with Crippen molar-refractivity contribution in [2.24, 2.45) is 0 Å². The topological polar surface area (TPSA) is 38.8 Å². The van der Waals surface area contributed by atoms with Gasteiger partial charge in [-0.2, -0.15) is 0 Å². The first-order valence-corrected chi connectivity index (χ1v) is 8.63. The molecule has 0 spiro atoms. The Bertz CT molecular complexity index is 635. The van der Waals surface area contributed by atoms with Crippen LogP contribution in [0.3, 0.4) is 0 Å². The number of amides is 1. The van der Waals surface area contributed by atoms with Crippen LogP contribution in [0.4, 0.5) is 8.78 Å². The third-order valence-electron chi connectivity index (χ3n) is 5.47. The molecule has 0 bridgehead atoms. The number of likely N-dealkylation sites (tertiary alicyclic amines) is 1. The van der Waals surface area contributed by atoms with Crippen LogP contribution < -0.4 is 5.46 Å². The molecule has 0 aromatic heterocycles. The predicted molar refractivity (Wildman–Crippen MR) is 92.2 cm³/mol. The summed E-state index contributed by atoms with van der Waals surface area (Å²) in [5, 5.41) is 0. The molecule has 1 amide bonds. The fraction of sp³-hybridized carbons (Fsp3) is 0.611. The third-order valence-corrected chi connectivity index (χ3v) is 5.47.